The van der Waals surface area contributed by atoms with Gasteiger partial charge < -0.3 is 24.0 Å². The molecule has 1 unspecified atom stereocenters. The van der Waals surface area contributed by atoms with Crippen LogP contribution in [-0.4, -0.2) is 18.2 Å². The van der Waals surface area contributed by atoms with E-state index in [1.807, 2.05) is 27.7 Å². The molecule has 129 valence electrons. The first-order valence-corrected chi connectivity index (χ1v) is 7.78. The SMILES string of the molecule is [CH2-]C(CC(C)(C)C)C(=O)C(C)(C)C.[CH2-]CCNC(=O)CC.[Y]. The number of hydrogen-bond acceptors (Lipinski definition) is 2. The minimum absolute atomic E-state index is 0. The number of nitrogens with one attached hydrogen (secondary N) is 1. The van der Waals surface area contributed by atoms with Crippen molar-refractivity contribution >= 4 is 11.7 Å². The molecule has 1 amide bonds. The number of carbonyl (C=O) groups excluding carboxylic acids is 2. The second-order valence-electron chi connectivity index (χ2n) is 7.63. The van der Waals surface area contributed by atoms with E-state index in [1.54, 1.807) is 0 Å². The van der Waals surface area contributed by atoms with Crippen LogP contribution in [-0.2, 0) is 42.3 Å². The smallest absolute Gasteiger partial charge is 0.219 e. The summed E-state index contributed by atoms with van der Waals surface area (Å²) in [7, 11) is 0. The maximum atomic E-state index is 11.8. The molecule has 0 saturated carbocycles. The first-order valence-electron chi connectivity index (χ1n) is 7.78. The van der Waals surface area contributed by atoms with Crippen molar-refractivity contribution in [1.82, 2.24) is 5.32 Å². The minimum atomic E-state index is -0.252. The molecule has 0 fully saturated rings. The molecule has 0 bridgehead atoms. The number of Topliss-reactive ketones (excluding diaryl/α,β-unsaturated/α-hetero) is 1. The molecule has 0 saturated heterocycles. The number of hydrogen-bond donors (Lipinski definition) is 1. The van der Waals surface area contributed by atoms with Crippen LogP contribution >= 0.6 is 0 Å². The second-order valence-corrected chi connectivity index (χ2v) is 7.63. The van der Waals surface area contributed by atoms with E-state index < -0.39 is 0 Å². The Morgan fingerprint density at radius 1 is 1.09 bits per heavy atom. The van der Waals surface area contributed by atoms with Crippen molar-refractivity contribution < 1.29 is 42.3 Å². The molecular formula is C18H35NO2Y-2. The molecule has 0 aromatic heterocycles. The van der Waals surface area contributed by atoms with Crippen molar-refractivity contribution in [2.75, 3.05) is 6.54 Å². The molecule has 3 nitrogen and oxygen atoms in total. The van der Waals surface area contributed by atoms with Crippen molar-refractivity contribution in [3.8, 4) is 0 Å². The van der Waals surface area contributed by atoms with Crippen LogP contribution in [0.5, 0.6) is 0 Å². The summed E-state index contributed by atoms with van der Waals surface area (Å²) >= 11 is 0. The van der Waals surface area contributed by atoms with Gasteiger partial charge in [0.1, 0.15) is 5.78 Å². The van der Waals surface area contributed by atoms with Gasteiger partial charge in [0.15, 0.2) is 0 Å². The van der Waals surface area contributed by atoms with Gasteiger partial charge in [-0.15, -0.1) is 5.92 Å². The summed E-state index contributed by atoms with van der Waals surface area (Å²) in [5.74, 6) is 0.302. The van der Waals surface area contributed by atoms with E-state index >= 15 is 0 Å². The molecule has 0 heterocycles. The Morgan fingerprint density at radius 2 is 1.55 bits per heavy atom. The molecule has 22 heavy (non-hydrogen) atoms. The molecule has 0 aliphatic rings. The van der Waals surface area contributed by atoms with Crippen LogP contribution in [0.15, 0.2) is 0 Å². The summed E-state index contributed by atoms with van der Waals surface area (Å²) in [5, 5.41) is 2.68. The molecule has 1 N–H and O–H groups in total. The first-order chi connectivity index (χ1) is 9.35. The number of amides is 1. The van der Waals surface area contributed by atoms with Gasteiger partial charge in [0.25, 0.3) is 0 Å². The van der Waals surface area contributed by atoms with Gasteiger partial charge in [-0.2, -0.15) is 6.42 Å². The van der Waals surface area contributed by atoms with Gasteiger partial charge in [0.2, 0.25) is 5.91 Å². The standard InChI is InChI=1S/C12H23O.C6H12NO.Y/c1-9(8-11(2,3)4)10(13)12(5,6)7;1-3-5-7-6(8)4-2;/h9H,1,8H2,2-7H3;1,3-5H2,2H3,(H,7,8);/q2*-1;. The number of ketones is 1. The summed E-state index contributed by atoms with van der Waals surface area (Å²) in [5.41, 5.74) is -0.0645. The number of carbonyl (C=O) groups is 2. The van der Waals surface area contributed by atoms with E-state index in [1.165, 1.54) is 0 Å². The quantitative estimate of drug-likeness (QED) is 0.719. The third-order valence-electron chi connectivity index (χ3n) is 2.79. The summed E-state index contributed by atoms with van der Waals surface area (Å²) in [4.78, 5) is 22.2. The summed E-state index contributed by atoms with van der Waals surface area (Å²) in [6, 6.07) is 0. The molecule has 0 aliphatic carbocycles. The van der Waals surface area contributed by atoms with Crippen LogP contribution in [0.2, 0.25) is 0 Å². The third kappa shape index (κ3) is 16.6. The average Bonchev–Trinajstić information content (AvgIpc) is 2.32. The minimum Gasteiger partial charge on any atom is -0.359 e. The van der Waals surface area contributed by atoms with Crippen molar-refractivity contribution in [2.24, 2.45) is 16.7 Å². The fourth-order valence-corrected chi connectivity index (χ4v) is 1.80. The van der Waals surface area contributed by atoms with E-state index in [2.05, 4.69) is 39.9 Å². The van der Waals surface area contributed by atoms with E-state index in [0.717, 1.165) is 12.8 Å². The van der Waals surface area contributed by atoms with Crippen molar-refractivity contribution in [3.63, 3.8) is 0 Å². The molecule has 0 spiro atoms. The Hall–Kier alpha value is 0.244. The van der Waals surface area contributed by atoms with Gasteiger partial charge in [0, 0.05) is 44.5 Å². The van der Waals surface area contributed by atoms with Crippen LogP contribution in [0.4, 0.5) is 0 Å². The molecule has 0 aromatic carbocycles. The second kappa shape index (κ2) is 12.6. The van der Waals surface area contributed by atoms with Gasteiger partial charge in [0.05, 0.1) is 0 Å². The molecule has 1 atom stereocenters. The Kier molecular flexibility index (Phi) is 15.6. The van der Waals surface area contributed by atoms with Crippen LogP contribution in [0.3, 0.4) is 0 Å². The normalized spacial score (nSPS) is 12.4. The maximum absolute atomic E-state index is 11.8. The molecule has 4 heteroatoms. The largest absolute Gasteiger partial charge is 0.359 e. The Balaban J connectivity index is -0.000000348. The first kappa shape index (κ1) is 27.1. The topological polar surface area (TPSA) is 46.2 Å². The Morgan fingerprint density at radius 3 is 1.82 bits per heavy atom. The van der Waals surface area contributed by atoms with Crippen molar-refractivity contribution in [1.29, 1.82) is 0 Å². The van der Waals surface area contributed by atoms with Crippen molar-refractivity contribution in [2.45, 2.75) is 67.7 Å². The van der Waals surface area contributed by atoms with E-state index in [0.29, 0.717) is 13.0 Å². The molecule has 0 aromatic rings. The zero-order valence-electron chi connectivity index (χ0n) is 15.7. The Labute approximate surface area is 163 Å². The fourth-order valence-electron chi connectivity index (χ4n) is 1.80. The van der Waals surface area contributed by atoms with Crippen LogP contribution < -0.4 is 5.32 Å². The van der Waals surface area contributed by atoms with E-state index in [4.69, 9.17) is 0 Å². The van der Waals surface area contributed by atoms with Crippen molar-refractivity contribution in [3.05, 3.63) is 13.8 Å². The van der Waals surface area contributed by atoms with Crippen LogP contribution in [0.25, 0.3) is 0 Å². The van der Waals surface area contributed by atoms with Gasteiger partial charge in [-0.25, -0.2) is 0 Å². The molecule has 0 aliphatic heterocycles. The zero-order chi connectivity index (χ0) is 17.3. The molecule has 0 rings (SSSR count). The van der Waals surface area contributed by atoms with E-state index in [-0.39, 0.29) is 61.1 Å². The average molecular weight is 386 g/mol. The number of rotatable bonds is 5. The van der Waals surface area contributed by atoms with Gasteiger partial charge in [-0.1, -0.05) is 54.9 Å². The molecule has 1 radical (unpaired) electrons. The summed E-state index contributed by atoms with van der Waals surface area (Å²) in [6.45, 7) is 22.3. The predicted molar refractivity (Wildman–Crippen MR) is 90.7 cm³/mol. The van der Waals surface area contributed by atoms with Crippen LogP contribution in [0.1, 0.15) is 67.7 Å². The van der Waals surface area contributed by atoms with Gasteiger partial charge >= 0.3 is 0 Å². The van der Waals surface area contributed by atoms with Gasteiger partial charge in [-0.3, -0.25) is 4.79 Å². The van der Waals surface area contributed by atoms with Crippen LogP contribution in [0, 0.1) is 30.6 Å². The Bertz CT molecular complexity index is 314. The fraction of sp³-hybridized carbons (Fsp3) is 0.778. The summed E-state index contributed by atoms with van der Waals surface area (Å²) < 4.78 is 0. The van der Waals surface area contributed by atoms with E-state index in [9.17, 15) is 9.59 Å². The maximum Gasteiger partial charge on any atom is 0.219 e. The zero-order valence-corrected chi connectivity index (χ0v) is 18.6. The monoisotopic (exact) mass is 386 g/mol. The third-order valence-corrected chi connectivity index (χ3v) is 2.79. The summed E-state index contributed by atoms with van der Waals surface area (Å²) in [6.07, 6.45) is 2.20. The van der Waals surface area contributed by atoms with Gasteiger partial charge in [-0.05, 0) is 12.0 Å². The predicted octanol–water partition coefficient (Wildman–Crippen LogP) is 4.22. The molecular weight excluding hydrogens is 351 g/mol.